The summed E-state index contributed by atoms with van der Waals surface area (Å²) in [6.45, 7) is 1.24. The second kappa shape index (κ2) is 6.36. The van der Waals surface area contributed by atoms with Crippen LogP contribution in [0.4, 0.5) is 0 Å². The van der Waals surface area contributed by atoms with Crippen molar-refractivity contribution in [2.75, 3.05) is 20.6 Å². The number of rotatable bonds is 3. The highest BCUT2D eigenvalue weighted by Gasteiger charge is 2.45. The fraction of sp³-hybridized carbons (Fsp3) is 0.318. The summed E-state index contributed by atoms with van der Waals surface area (Å²) in [7, 11) is 4.60. The number of pyridine rings is 2. The lowest BCUT2D eigenvalue weighted by Gasteiger charge is -2.18. The standard InChI is InChI=1S/C22H23N4S/c1-26(2)14-18(26)11-16-6-3-5-15-8-9-19(25-21(15)16)20-13-24-22(27-20)17-7-4-10-23-12-17/h4,7-13,18H,3,5-6,14H2,1-2H3/q+1. The van der Waals surface area contributed by atoms with Crippen LogP contribution in [0.1, 0.15) is 24.1 Å². The molecular weight excluding hydrogens is 352 g/mol. The lowest BCUT2D eigenvalue weighted by atomic mass is 9.90. The van der Waals surface area contributed by atoms with Crippen molar-refractivity contribution in [3.05, 3.63) is 60.2 Å². The number of hydrogen-bond donors (Lipinski definition) is 0. The Labute approximate surface area is 163 Å². The van der Waals surface area contributed by atoms with Crippen LogP contribution < -0.4 is 0 Å². The van der Waals surface area contributed by atoms with Gasteiger partial charge in [-0.05, 0) is 54.7 Å². The first kappa shape index (κ1) is 16.8. The van der Waals surface area contributed by atoms with E-state index in [1.165, 1.54) is 29.8 Å². The van der Waals surface area contributed by atoms with E-state index in [0.29, 0.717) is 6.04 Å². The molecule has 5 rings (SSSR count). The fourth-order valence-corrected chi connectivity index (χ4v) is 4.67. The number of hydrogen-bond acceptors (Lipinski definition) is 4. The summed E-state index contributed by atoms with van der Waals surface area (Å²) in [6, 6.07) is 9.06. The van der Waals surface area contributed by atoms with Gasteiger partial charge in [0, 0.05) is 24.2 Å². The van der Waals surface area contributed by atoms with Gasteiger partial charge < -0.3 is 4.48 Å². The largest absolute Gasteiger partial charge is 0.313 e. The van der Waals surface area contributed by atoms with Crippen molar-refractivity contribution in [2.45, 2.75) is 25.3 Å². The van der Waals surface area contributed by atoms with Crippen LogP contribution in [-0.4, -0.2) is 46.1 Å². The Bertz CT molecular complexity index is 1020. The van der Waals surface area contributed by atoms with Gasteiger partial charge in [-0.25, -0.2) is 9.97 Å². The molecular formula is C22H23N4S+. The summed E-state index contributed by atoms with van der Waals surface area (Å²) in [5.41, 5.74) is 6.12. The van der Waals surface area contributed by atoms with Crippen LogP contribution >= 0.6 is 11.3 Å². The van der Waals surface area contributed by atoms with Crippen molar-refractivity contribution < 1.29 is 4.48 Å². The van der Waals surface area contributed by atoms with E-state index in [9.17, 15) is 0 Å². The smallest absolute Gasteiger partial charge is 0.158 e. The van der Waals surface area contributed by atoms with Gasteiger partial charge in [-0.2, -0.15) is 0 Å². The molecule has 0 amide bonds. The van der Waals surface area contributed by atoms with Crippen molar-refractivity contribution in [3.63, 3.8) is 0 Å². The summed E-state index contributed by atoms with van der Waals surface area (Å²) in [6.07, 6.45) is 11.6. The van der Waals surface area contributed by atoms with Gasteiger partial charge >= 0.3 is 0 Å². The molecule has 4 heterocycles. The maximum absolute atomic E-state index is 5.08. The van der Waals surface area contributed by atoms with Crippen LogP contribution in [0.2, 0.25) is 0 Å². The predicted octanol–water partition coefficient (Wildman–Crippen LogP) is 4.45. The highest BCUT2D eigenvalue weighted by Crippen LogP contribution is 2.37. The lowest BCUT2D eigenvalue weighted by Crippen LogP contribution is -2.15. The SMILES string of the molecule is C[N+]1(C)CC1C=C1CCCc2ccc(-c3cnc(-c4cccnc4)s3)nc21. The molecule has 1 aliphatic carbocycles. The second-order valence-corrected chi connectivity index (χ2v) is 9.08. The molecule has 27 heavy (non-hydrogen) atoms. The van der Waals surface area contributed by atoms with E-state index < -0.39 is 0 Å². The normalized spacial score (nSPS) is 21.9. The third-order valence-corrected chi connectivity index (χ3v) is 6.73. The van der Waals surface area contributed by atoms with Crippen LogP contribution in [0.5, 0.6) is 0 Å². The van der Waals surface area contributed by atoms with E-state index in [-0.39, 0.29) is 0 Å². The molecule has 5 heteroatoms. The molecule has 1 atom stereocenters. The molecule has 1 saturated heterocycles. The first-order valence-electron chi connectivity index (χ1n) is 9.50. The average molecular weight is 376 g/mol. The highest BCUT2D eigenvalue weighted by molar-refractivity contribution is 7.18. The summed E-state index contributed by atoms with van der Waals surface area (Å²) in [4.78, 5) is 15.0. The van der Waals surface area contributed by atoms with E-state index in [0.717, 1.165) is 38.5 Å². The predicted molar refractivity (Wildman–Crippen MR) is 110 cm³/mol. The number of aromatic nitrogens is 3. The third kappa shape index (κ3) is 3.22. The Kier molecular flexibility index (Phi) is 3.95. The number of likely N-dealkylation sites (N-methyl/N-ethyl adjacent to an activating group) is 1. The third-order valence-electron chi connectivity index (χ3n) is 5.66. The van der Waals surface area contributed by atoms with Crippen molar-refractivity contribution in [2.24, 2.45) is 0 Å². The Balaban J connectivity index is 1.50. The molecule has 0 spiro atoms. The zero-order chi connectivity index (χ0) is 18.4. The zero-order valence-electron chi connectivity index (χ0n) is 15.7. The zero-order valence-corrected chi connectivity index (χ0v) is 16.5. The number of allylic oxidation sites excluding steroid dienone is 1. The van der Waals surface area contributed by atoms with Gasteiger partial charge in [0.2, 0.25) is 0 Å². The maximum atomic E-state index is 5.08. The minimum absolute atomic E-state index is 0.650. The molecule has 0 bridgehead atoms. The number of thiazole rings is 1. The molecule has 1 aliphatic heterocycles. The van der Waals surface area contributed by atoms with E-state index in [1.54, 1.807) is 17.5 Å². The van der Waals surface area contributed by atoms with E-state index in [1.807, 2.05) is 24.5 Å². The van der Waals surface area contributed by atoms with Gasteiger partial charge in [0.05, 0.1) is 30.4 Å². The van der Waals surface area contributed by atoms with Crippen molar-refractivity contribution in [3.8, 4) is 21.1 Å². The monoisotopic (exact) mass is 375 g/mol. The van der Waals surface area contributed by atoms with Gasteiger partial charge in [0.25, 0.3) is 0 Å². The van der Waals surface area contributed by atoms with Crippen molar-refractivity contribution in [1.82, 2.24) is 15.0 Å². The Morgan fingerprint density at radius 1 is 1.15 bits per heavy atom. The minimum Gasteiger partial charge on any atom is -0.313 e. The maximum Gasteiger partial charge on any atom is 0.158 e. The molecule has 0 aromatic carbocycles. The molecule has 1 fully saturated rings. The second-order valence-electron chi connectivity index (χ2n) is 8.05. The molecule has 0 saturated carbocycles. The summed E-state index contributed by atoms with van der Waals surface area (Å²) < 4.78 is 1.10. The number of nitrogens with zero attached hydrogens (tertiary/aromatic N) is 4. The Morgan fingerprint density at radius 2 is 2.04 bits per heavy atom. The van der Waals surface area contributed by atoms with Crippen molar-refractivity contribution in [1.29, 1.82) is 0 Å². The van der Waals surface area contributed by atoms with Gasteiger partial charge in [0.15, 0.2) is 6.04 Å². The Morgan fingerprint density at radius 3 is 2.81 bits per heavy atom. The average Bonchev–Trinajstić information content (AvgIpc) is 3.08. The Hall–Kier alpha value is -2.37. The number of fused-ring (bicyclic) bond motifs is 1. The topological polar surface area (TPSA) is 38.7 Å². The first-order valence-corrected chi connectivity index (χ1v) is 10.3. The minimum atomic E-state index is 0.650. The quantitative estimate of drug-likeness (QED) is 0.502. The molecule has 3 aromatic heterocycles. The molecule has 3 aromatic rings. The summed E-state index contributed by atoms with van der Waals surface area (Å²) in [5, 5.41) is 0.991. The van der Waals surface area contributed by atoms with Gasteiger partial charge in [0.1, 0.15) is 11.6 Å². The molecule has 0 N–H and O–H groups in total. The van der Waals surface area contributed by atoms with Crippen molar-refractivity contribution >= 4 is 16.9 Å². The van der Waals surface area contributed by atoms with E-state index >= 15 is 0 Å². The number of aryl methyl sites for hydroxylation is 1. The van der Waals surface area contributed by atoms with E-state index in [2.05, 4.69) is 42.3 Å². The van der Waals surface area contributed by atoms with Gasteiger partial charge in [-0.15, -0.1) is 11.3 Å². The van der Waals surface area contributed by atoms with Crippen LogP contribution in [0.15, 0.2) is 48.9 Å². The number of quaternary nitrogens is 1. The van der Waals surface area contributed by atoms with Crippen LogP contribution in [-0.2, 0) is 6.42 Å². The molecule has 136 valence electrons. The lowest BCUT2D eigenvalue weighted by molar-refractivity contribution is -0.764. The van der Waals surface area contributed by atoms with E-state index in [4.69, 9.17) is 4.98 Å². The first-order chi connectivity index (χ1) is 13.1. The molecule has 4 nitrogen and oxygen atoms in total. The highest BCUT2D eigenvalue weighted by atomic mass is 32.1. The molecule has 0 radical (unpaired) electrons. The fourth-order valence-electron chi connectivity index (χ4n) is 3.79. The molecule has 1 unspecified atom stereocenters. The summed E-state index contributed by atoms with van der Waals surface area (Å²) >= 11 is 1.68. The molecule has 2 aliphatic rings. The summed E-state index contributed by atoms with van der Waals surface area (Å²) in [5.74, 6) is 0. The van der Waals surface area contributed by atoms with Crippen LogP contribution in [0, 0.1) is 0 Å². The van der Waals surface area contributed by atoms with Crippen LogP contribution in [0.25, 0.3) is 26.7 Å². The van der Waals surface area contributed by atoms with Crippen LogP contribution in [0.3, 0.4) is 0 Å². The van der Waals surface area contributed by atoms with Gasteiger partial charge in [-0.1, -0.05) is 6.07 Å². The van der Waals surface area contributed by atoms with Gasteiger partial charge in [-0.3, -0.25) is 4.98 Å².